The van der Waals surface area contributed by atoms with Crippen LogP contribution in [-0.4, -0.2) is 14.9 Å². The first kappa shape index (κ1) is 12.2. The molecular weight excluding hydrogens is 257 g/mol. The SMILES string of the molecule is Nc1c(-c2ccccc2O)cnn1-c1ccc(F)cc1. The summed E-state index contributed by atoms with van der Waals surface area (Å²) in [5.74, 6) is 0.205. The zero-order valence-corrected chi connectivity index (χ0v) is 10.5. The molecule has 0 unspecified atom stereocenters. The van der Waals surface area contributed by atoms with Crippen LogP contribution in [0.1, 0.15) is 0 Å². The average Bonchev–Trinajstić information content (AvgIpc) is 2.82. The van der Waals surface area contributed by atoms with Crippen molar-refractivity contribution in [1.82, 2.24) is 9.78 Å². The van der Waals surface area contributed by atoms with Gasteiger partial charge in [0, 0.05) is 11.1 Å². The van der Waals surface area contributed by atoms with Crippen molar-refractivity contribution < 1.29 is 9.50 Å². The summed E-state index contributed by atoms with van der Waals surface area (Å²) in [6.07, 6.45) is 1.58. The second-order valence-corrected chi connectivity index (χ2v) is 4.35. The number of aromatic hydroxyl groups is 1. The third kappa shape index (κ3) is 1.99. The Balaban J connectivity index is 2.09. The number of halogens is 1. The zero-order chi connectivity index (χ0) is 14.1. The summed E-state index contributed by atoms with van der Waals surface area (Å²) in [5.41, 5.74) is 7.97. The highest BCUT2D eigenvalue weighted by Gasteiger charge is 2.13. The number of hydrogen-bond donors (Lipinski definition) is 2. The van der Waals surface area contributed by atoms with Gasteiger partial charge in [-0.15, -0.1) is 0 Å². The van der Waals surface area contributed by atoms with Gasteiger partial charge in [-0.2, -0.15) is 5.10 Å². The van der Waals surface area contributed by atoms with Gasteiger partial charge in [0.1, 0.15) is 17.4 Å². The van der Waals surface area contributed by atoms with Crippen molar-refractivity contribution >= 4 is 5.82 Å². The van der Waals surface area contributed by atoms with E-state index >= 15 is 0 Å². The van der Waals surface area contributed by atoms with Gasteiger partial charge in [0.15, 0.2) is 0 Å². The fourth-order valence-corrected chi connectivity index (χ4v) is 2.05. The molecular formula is C15H12FN3O. The fourth-order valence-electron chi connectivity index (χ4n) is 2.05. The van der Waals surface area contributed by atoms with Crippen molar-refractivity contribution in [2.75, 3.05) is 5.73 Å². The zero-order valence-electron chi connectivity index (χ0n) is 10.5. The number of nitrogens with two attached hydrogens (primary N) is 1. The third-order valence-corrected chi connectivity index (χ3v) is 3.07. The van der Waals surface area contributed by atoms with Crippen LogP contribution in [0, 0.1) is 5.82 Å². The number of nitrogens with zero attached hydrogens (tertiary/aromatic N) is 2. The summed E-state index contributed by atoms with van der Waals surface area (Å²) in [6.45, 7) is 0. The van der Waals surface area contributed by atoms with E-state index in [1.54, 1.807) is 36.5 Å². The van der Waals surface area contributed by atoms with Gasteiger partial charge < -0.3 is 10.8 Å². The van der Waals surface area contributed by atoms with E-state index in [-0.39, 0.29) is 11.6 Å². The highest BCUT2D eigenvalue weighted by molar-refractivity contribution is 5.78. The quantitative estimate of drug-likeness (QED) is 0.751. The number of benzene rings is 2. The summed E-state index contributed by atoms with van der Waals surface area (Å²) in [5, 5.41) is 14.1. The predicted octanol–water partition coefficient (Wildman–Crippen LogP) is 2.97. The Morgan fingerprint density at radius 1 is 1.00 bits per heavy atom. The van der Waals surface area contributed by atoms with Crippen LogP contribution in [0.25, 0.3) is 16.8 Å². The van der Waals surface area contributed by atoms with Gasteiger partial charge in [0.25, 0.3) is 0 Å². The highest BCUT2D eigenvalue weighted by atomic mass is 19.1. The number of phenolic OH excluding ortho intramolecular Hbond substituents is 1. The number of nitrogen functional groups attached to an aromatic ring is 1. The number of rotatable bonds is 2. The maximum absolute atomic E-state index is 12.9. The van der Waals surface area contributed by atoms with Crippen LogP contribution < -0.4 is 5.73 Å². The van der Waals surface area contributed by atoms with Crippen molar-refractivity contribution in [1.29, 1.82) is 0 Å². The first-order chi connectivity index (χ1) is 9.66. The molecule has 5 heteroatoms. The molecule has 1 aromatic heterocycles. The fraction of sp³-hybridized carbons (Fsp3) is 0. The molecule has 0 aliphatic heterocycles. The lowest BCUT2D eigenvalue weighted by Gasteiger charge is -2.06. The van der Waals surface area contributed by atoms with E-state index in [2.05, 4.69) is 5.10 Å². The molecule has 100 valence electrons. The Morgan fingerprint density at radius 3 is 2.40 bits per heavy atom. The molecule has 4 nitrogen and oxygen atoms in total. The van der Waals surface area contributed by atoms with Crippen molar-refractivity contribution in [3.63, 3.8) is 0 Å². The van der Waals surface area contributed by atoms with Crippen molar-refractivity contribution in [3.05, 3.63) is 60.5 Å². The average molecular weight is 269 g/mol. The lowest BCUT2D eigenvalue weighted by Crippen LogP contribution is -2.02. The number of hydrogen-bond acceptors (Lipinski definition) is 3. The van der Waals surface area contributed by atoms with Crippen LogP contribution in [0.5, 0.6) is 5.75 Å². The van der Waals surface area contributed by atoms with Crippen LogP contribution in [0.15, 0.2) is 54.7 Å². The third-order valence-electron chi connectivity index (χ3n) is 3.07. The van der Waals surface area contributed by atoms with Crippen LogP contribution in [-0.2, 0) is 0 Å². The maximum atomic E-state index is 12.9. The van der Waals surface area contributed by atoms with Crippen LogP contribution >= 0.6 is 0 Å². The molecule has 3 rings (SSSR count). The van der Waals surface area contributed by atoms with E-state index < -0.39 is 0 Å². The van der Waals surface area contributed by atoms with Gasteiger partial charge in [-0.1, -0.05) is 18.2 Å². The van der Waals surface area contributed by atoms with E-state index in [9.17, 15) is 9.50 Å². The van der Waals surface area contributed by atoms with Crippen molar-refractivity contribution in [2.45, 2.75) is 0 Å². The number of phenols is 1. The van der Waals surface area contributed by atoms with Gasteiger partial charge in [0.2, 0.25) is 0 Å². The molecule has 0 fully saturated rings. The summed E-state index contributed by atoms with van der Waals surface area (Å²) in [6, 6.07) is 12.8. The van der Waals surface area contributed by atoms with Crippen molar-refractivity contribution in [2.24, 2.45) is 0 Å². The van der Waals surface area contributed by atoms with Crippen LogP contribution in [0.2, 0.25) is 0 Å². The Bertz CT molecular complexity index is 750. The Kier molecular flexibility index (Phi) is 2.87. The topological polar surface area (TPSA) is 64.1 Å². The molecule has 1 heterocycles. The molecule has 0 saturated heterocycles. The monoisotopic (exact) mass is 269 g/mol. The molecule has 2 aromatic carbocycles. The van der Waals surface area contributed by atoms with Gasteiger partial charge in [0.05, 0.1) is 11.9 Å². The Morgan fingerprint density at radius 2 is 1.70 bits per heavy atom. The van der Waals surface area contributed by atoms with E-state index in [1.807, 2.05) is 6.07 Å². The smallest absolute Gasteiger partial charge is 0.135 e. The molecule has 0 bridgehead atoms. The first-order valence-electron chi connectivity index (χ1n) is 6.04. The largest absolute Gasteiger partial charge is 0.507 e. The van der Waals surface area contributed by atoms with Gasteiger partial charge in [-0.25, -0.2) is 9.07 Å². The van der Waals surface area contributed by atoms with E-state index in [0.29, 0.717) is 22.6 Å². The first-order valence-corrected chi connectivity index (χ1v) is 6.04. The molecule has 3 N–H and O–H groups in total. The van der Waals surface area contributed by atoms with Gasteiger partial charge in [-0.05, 0) is 30.3 Å². The van der Waals surface area contributed by atoms with E-state index in [1.165, 1.54) is 16.8 Å². The van der Waals surface area contributed by atoms with Gasteiger partial charge >= 0.3 is 0 Å². The normalized spacial score (nSPS) is 10.7. The van der Waals surface area contributed by atoms with Crippen LogP contribution in [0.3, 0.4) is 0 Å². The molecule has 0 spiro atoms. The summed E-state index contributed by atoms with van der Waals surface area (Å²) < 4.78 is 14.4. The van der Waals surface area contributed by atoms with Crippen LogP contribution in [0.4, 0.5) is 10.2 Å². The molecule has 0 aliphatic rings. The molecule has 0 saturated carbocycles. The summed E-state index contributed by atoms with van der Waals surface area (Å²) >= 11 is 0. The number of para-hydroxylation sites is 1. The molecule has 0 amide bonds. The predicted molar refractivity (Wildman–Crippen MR) is 75.0 cm³/mol. The minimum absolute atomic E-state index is 0.137. The minimum atomic E-state index is -0.319. The summed E-state index contributed by atoms with van der Waals surface area (Å²) in [4.78, 5) is 0. The summed E-state index contributed by atoms with van der Waals surface area (Å²) in [7, 11) is 0. The number of aromatic nitrogens is 2. The standard InChI is InChI=1S/C15H12FN3O/c16-10-5-7-11(8-6-10)19-15(17)13(9-18-19)12-3-1-2-4-14(12)20/h1-9,20H,17H2. The second kappa shape index (κ2) is 4.70. The molecule has 0 aliphatic carbocycles. The molecule has 20 heavy (non-hydrogen) atoms. The van der Waals surface area contributed by atoms with Crippen molar-refractivity contribution in [3.8, 4) is 22.6 Å². The maximum Gasteiger partial charge on any atom is 0.135 e. The second-order valence-electron chi connectivity index (χ2n) is 4.35. The Hall–Kier alpha value is -2.82. The lowest BCUT2D eigenvalue weighted by atomic mass is 10.1. The van der Waals surface area contributed by atoms with Gasteiger partial charge in [-0.3, -0.25) is 0 Å². The van der Waals surface area contributed by atoms with E-state index in [0.717, 1.165) is 0 Å². The van der Waals surface area contributed by atoms with E-state index in [4.69, 9.17) is 5.73 Å². The number of anilines is 1. The molecule has 3 aromatic rings. The Labute approximate surface area is 114 Å². The minimum Gasteiger partial charge on any atom is -0.507 e. The molecule has 0 radical (unpaired) electrons. The lowest BCUT2D eigenvalue weighted by molar-refractivity contribution is 0.477. The highest BCUT2D eigenvalue weighted by Crippen LogP contribution is 2.33. The molecule has 0 atom stereocenters.